The standard InChI is InChI=1S/2C14H30N2.2CHO.Ru/c2*1-8-11-12(15-13(4,5)9-2)16-14(6,7)10-3;2*1-2;/h2*12H,8-11H2,1-7H3;2*1H;/q2*-2;2*-1;+6. The van der Waals surface area contributed by atoms with Gasteiger partial charge in [0.05, 0.1) is 0 Å². The number of nitrogens with zero attached hydrogens (tertiary/aromatic N) is 4. The van der Waals surface area contributed by atoms with E-state index < -0.39 is 0 Å². The Balaban J connectivity index is -0.000000158. The van der Waals surface area contributed by atoms with E-state index in [-0.39, 0.29) is 54.0 Å². The van der Waals surface area contributed by atoms with Gasteiger partial charge in [0.1, 0.15) is 0 Å². The quantitative estimate of drug-likeness (QED) is 0.0987. The van der Waals surface area contributed by atoms with Crippen LogP contribution in [-0.2, 0) is 29.1 Å². The maximum atomic E-state index is 7.75. The smallest absolute Gasteiger partial charge is 0.673 e. The van der Waals surface area contributed by atoms with Crippen LogP contribution < -0.4 is 0 Å². The fraction of sp³-hybridized carbons (Fsp3) is 0.933. The maximum absolute atomic E-state index is 7.75. The zero-order valence-electron chi connectivity index (χ0n) is 26.9. The van der Waals surface area contributed by atoms with E-state index in [4.69, 9.17) is 30.9 Å². The molecule has 0 aromatic heterocycles. The zero-order valence-corrected chi connectivity index (χ0v) is 28.7. The zero-order chi connectivity index (χ0) is 29.6. The summed E-state index contributed by atoms with van der Waals surface area (Å²) in [6.07, 6.45) is 9.12. The summed E-state index contributed by atoms with van der Waals surface area (Å²) in [6.45, 7) is 37.3. The summed E-state index contributed by atoms with van der Waals surface area (Å²) in [7, 11) is 0. The second-order valence-corrected chi connectivity index (χ2v) is 11.7. The van der Waals surface area contributed by atoms with Crippen LogP contribution in [0.3, 0.4) is 0 Å². The van der Waals surface area contributed by atoms with Crippen LogP contribution in [0.15, 0.2) is 0 Å². The summed E-state index contributed by atoms with van der Waals surface area (Å²) in [5, 5.41) is 19.5. The van der Waals surface area contributed by atoms with Crippen molar-refractivity contribution in [1.82, 2.24) is 0 Å². The van der Waals surface area contributed by atoms with Crippen LogP contribution in [0.4, 0.5) is 0 Å². The Hall–Kier alpha value is -0.197. The Morgan fingerprint density at radius 2 is 0.622 bits per heavy atom. The van der Waals surface area contributed by atoms with Crippen LogP contribution in [0.1, 0.15) is 148 Å². The van der Waals surface area contributed by atoms with Gasteiger partial charge in [0.15, 0.2) is 0 Å². The molecule has 7 heteroatoms. The normalized spacial score (nSPS) is 11.9. The minimum atomic E-state index is 0. The number of hydrogen-bond acceptors (Lipinski definition) is 2. The van der Waals surface area contributed by atoms with Crippen molar-refractivity contribution in [2.45, 2.75) is 183 Å². The Morgan fingerprint density at radius 3 is 0.730 bits per heavy atom. The summed E-state index contributed by atoms with van der Waals surface area (Å²) < 4.78 is 0. The molecule has 0 amide bonds. The molecular formula is C30H62N4O2Ru. The molecule has 0 aliphatic heterocycles. The molecule has 0 aliphatic rings. The molecule has 0 spiro atoms. The van der Waals surface area contributed by atoms with E-state index in [9.17, 15) is 0 Å². The first-order valence-electron chi connectivity index (χ1n) is 13.9. The molecule has 37 heavy (non-hydrogen) atoms. The van der Waals surface area contributed by atoms with Gasteiger partial charge in [0.2, 0.25) is 0 Å². The van der Waals surface area contributed by atoms with Crippen molar-refractivity contribution in [2.75, 3.05) is 0 Å². The number of carbonyl (C=O) groups excluding carboxylic acids is 2. The Morgan fingerprint density at radius 1 is 0.459 bits per heavy atom. The fourth-order valence-corrected chi connectivity index (χ4v) is 2.81. The minimum absolute atomic E-state index is 0. The summed E-state index contributed by atoms with van der Waals surface area (Å²) in [4.78, 5) is 15.5. The molecule has 0 N–H and O–H groups in total. The molecule has 6 nitrogen and oxygen atoms in total. The molecule has 0 aliphatic carbocycles. The molecule has 0 aromatic carbocycles. The van der Waals surface area contributed by atoms with E-state index in [1.165, 1.54) is 0 Å². The molecule has 0 radical (unpaired) electrons. The van der Waals surface area contributed by atoms with E-state index in [0.29, 0.717) is 0 Å². The van der Waals surface area contributed by atoms with Gasteiger partial charge in [-0.05, 0) is 0 Å². The van der Waals surface area contributed by atoms with Gasteiger partial charge in [-0.1, -0.05) is 148 Å². The van der Waals surface area contributed by atoms with Crippen molar-refractivity contribution < 1.29 is 29.1 Å². The van der Waals surface area contributed by atoms with Gasteiger partial charge in [-0.2, -0.15) is 0 Å². The summed E-state index contributed by atoms with van der Waals surface area (Å²) in [6, 6.07) is 0. The molecule has 0 saturated heterocycles. The SMILES string of the molecule is CCCC([N-]C(C)(C)CC)[N-]C(C)(C)CC.CCCC([N-]C(C)(C)CC)[N-]C(C)(C)CC.[CH-]=O.[CH-]=O.[Ru+6]. The van der Waals surface area contributed by atoms with Crippen LogP contribution >= 0.6 is 0 Å². The predicted octanol–water partition coefficient (Wildman–Crippen LogP) is 9.92. The monoisotopic (exact) mass is 612 g/mol. The van der Waals surface area contributed by atoms with E-state index in [1.807, 2.05) is 0 Å². The van der Waals surface area contributed by atoms with Gasteiger partial charge in [-0.15, -0.1) is 22.2 Å². The van der Waals surface area contributed by atoms with Crippen molar-refractivity contribution in [3.05, 3.63) is 21.3 Å². The molecule has 0 heterocycles. The molecule has 0 fully saturated rings. The van der Waals surface area contributed by atoms with Gasteiger partial charge in [0.25, 0.3) is 0 Å². The topological polar surface area (TPSA) is 90.5 Å². The van der Waals surface area contributed by atoms with Crippen molar-refractivity contribution in [3.63, 3.8) is 0 Å². The van der Waals surface area contributed by atoms with Crippen molar-refractivity contribution >= 4 is 13.6 Å². The summed E-state index contributed by atoms with van der Waals surface area (Å²) in [5.74, 6) is 0. The van der Waals surface area contributed by atoms with Crippen LogP contribution in [0.2, 0.25) is 0 Å². The fourth-order valence-electron chi connectivity index (χ4n) is 2.81. The van der Waals surface area contributed by atoms with Crippen molar-refractivity contribution in [2.24, 2.45) is 0 Å². The van der Waals surface area contributed by atoms with Gasteiger partial charge >= 0.3 is 19.5 Å². The van der Waals surface area contributed by atoms with Crippen LogP contribution in [0.25, 0.3) is 21.3 Å². The van der Waals surface area contributed by atoms with Gasteiger partial charge in [0, 0.05) is 0 Å². The number of hydrogen-bond donors (Lipinski definition) is 0. The Bertz CT molecular complexity index is 420. The predicted molar refractivity (Wildman–Crippen MR) is 162 cm³/mol. The third-order valence-corrected chi connectivity index (χ3v) is 6.55. The van der Waals surface area contributed by atoms with Gasteiger partial charge in [-0.3, -0.25) is 13.6 Å². The van der Waals surface area contributed by atoms with E-state index >= 15 is 0 Å². The van der Waals surface area contributed by atoms with Crippen LogP contribution in [0.5, 0.6) is 0 Å². The molecule has 222 valence electrons. The van der Waals surface area contributed by atoms with Gasteiger partial charge in [-0.25, -0.2) is 12.3 Å². The first-order valence-corrected chi connectivity index (χ1v) is 13.9. The van der Waals surface area contributed by atoms with Crippen molar-refractivity contribution in [3.8, 4) is 0 Å². The van der Waals surface area contributed by atoms with Crippen molar-refractivity contribution in [1.29, 1.82) is 0 Å². The molecule has 0 atom stereocenters. The molecule has 0 unspecified atom stereocenters. The summed E-state index contributed by atoms with van der Waals surface area (Å²) >= 11 is 0. The maximum Gasteiger partial charge on any atom is 6.00 e. The molecule has 0 bridgehead atoms. The molecule has 0 aromatic rings. The first-order chi connectivity index (χ1) is 16.5. The number of rotatable bonds is 16. The summed E-state index contributed by atoms with van der Waals surface area (Å²) in [5.41, 5.74) is 0.251. The third-order valence-electron chi connectivity index (χ3n) is 6.55. The average molecular weight is 612 g/mol. The third kappa shape index (κ3) is 28.6. The second-order valence-electron chi connectivity index (χ2n) is 11.7. The van der Waals surface area contributed by atoms with E-state index in [1.54, 1.807) is 0 Å². The Kier molecular flexibility index (Phi) is 31.3. The second kappa shape index (κ2) is 24.8. The van der Waals surface area contributed by atoms with E-state index in [0.717, 1.165) is 51.4 Å². The van der Waals surface area contributed by atoms with Gasteiger partial charge < -0.3 is 30.9 Å². The molecule has 0 rings (SSSR count). The average Bonchev–Trinajstić information content (AvgIpc) is 2.81. The minimum Gasteiger partial charge on any atom is -0.673 e. The first kappa shape index (κ1) is 46.6. The van der Waals surface area contributed by atoms with Crippen LogP contribution in [-0.4, -0.2) is 48.1 Å². The molecular weight excluding hydrogens is 549 g/mol. The molecule has 0 saturated carbocycles. The largest absolute Gasteiger partial charge is 6.00 e. The van der Waals surface area contributed by atoms with Crippen LogP contribution in [0, 0.1) is 0 Å². The van der Waals surface area contributed by atoms with E-state index in [2.05, 4.69) is 111 Å². The Labute approximate surface area is 246 Å².